The van der Waals surface area contributed by atoms with Crippen molar-refractivity contribution in [2.24, 2.45) is 0 Å². The molecule has 3 aromatic carbocycles. The summed E-state index contributed by atoms with van der Waals surface area (Å²) in [6.07, 6.45) is 0. The summed E-state index contributed by atoms with van der Waals surface area (Å²) in [7, 11) is 0. The number of halogens is 1. The van der Waals surface area contributed by atoms with E-state index in [4.69, 9.17) is 20.8 Å². The summed E-state index contributed by atoms with van der Waals surface area (Å²) in [4.78, 5) is 12.8. The molecule has 0 fully saturated rings. The van der Waals surface area contributed by atoms with Crippen LogP contribution in [0.25, 0.3) is 11.5 Å². The summed E-state index contributed by atoms with van der Waals surface area (Å²) < 4.78 is 11.3. The van der Waals surface area contributed by atoms with E-state index >= 15 is 0 Å². The van der Waals surface area contributed by atoms with Gasteiger partial charge >= 0.3 is 6.03 Å². The Morgan fingerprint density at radius 1 is 1.00 bits per heavy atom. The Morgan fingerprint density at radius 2 is 1.72 bits per heavy atom. The van der Waals surface area contributed by atoms with E-state index < -0.39 is 12.1 Å². The summed E-state index contributed by atoms with van der Waals surface area (Å²) in [5.74, 6) is 1.36. The van der Waals surface area contributed by atoms with Crippen molar-refractivity contribution in [2.45, 2.75) is 13.0 Å². The highest BCUT2D eigenvalue weighted by molar-refractivity contribution is 6.30. The third kappa shape index (κ3) is 5.25. The van der Waals surface area contributed by atoms with Gasteiger partial charge < -0.3 is 19.8 Å². The summed E-state index contributed by atoms with van der Waals surface area (Å²) in [5.41, 5.74) is 2.16. The van der Waals surface area contributed by atoms with Crippen molar-refractivity contribution < 1.29 is 13.9 Å². The molecule has 0 aliphatic heterocycles. The highest BCUT2D eigenvalue weighted by Crippen LogP contribution is 2.26. The van der Waals surface area contributed by atoms with Gasteiger partial charge in [0.15, 0.2) is 0 Å². The van der Waals surface area contributed by atoms with Crippen LogP contribution < -0.4 is 15.4 Å². The van der Waals surface area contributed by atoms with Crippen LogP contribution in [0.15, 0.2) is 83.3 Å². The van der Waals surface area contributed by atoms with Gasteiger partial charge in [0.25, 0.3) is 0 Å². The van der Waals surface area contributed by atoms with Crippen molar-refractivity contribution in [1.82, 2.24) is 15.5 Å². The molecule has 4 rings (SSSR count). The van der Waals surface area contributed by atoms with Crippen LogP contribution in [-0.2, 0) is 0 Å². The number of nitrogens with zero attached hydrogens (tertiary/aromatic N) is 2. The van der Waals surface area contributed by atoms with Crippen molar-refractivity contribution in [3.63, 3.8) is 0 Å². The number of carbonyl (C=O) groups is 1. The number of aromatic nitrogens is 2. The normalized spacial score (nSPS) is 11.6. The third-order valence-corrected chi connectivity index (χ3v) is 4.86. The van der Waals surface area contributed by atoms with E-state index in [1.54, 1.807) is 48.5 Å². The van der Waals surface area contributed by atoms with E-state index in [1.165, 1.54) is 0 Å². The highest BCUT2D eigenvalue weighted by atomic mass is 35.5. The van der Waals surface area contributed by atoms with Crippen molar-refractivity contribution in [3.05, 3.63) is 95.3 Å². The predicted molar refractivity (Wildman–Crippen MR) is 123 cm³/mol. The largest absolute Gasteiger partial charge is 0.494 e. The van der Waals surface area contributed by atoms with E-state index in [1.807, 2.05) is 37.3 Å². The second-order valence-corrected chi connectivity index (χ2v) is 7.29. The van der Waals surface area contributed by atoms with Gasteiger partial charge in [-0.1, -0.05) is 41.9 Å². The molecule has 7 nitrogen and oxygen atoms in total. The first-order chi connectivity index (χ1) is 15.6. The Balaban J connectivity index is 1.55. The lowest BCUT2D eigenvalue weighted by Crippen LogP contribution is -2.33. The number of anilines is 1. The molecule has 1 atom stereocenters. The van der Waals surface area contributed by atoms with Crippen molar-refractivity contribution in [3.8, 4) is 17.2 Å². The third-order valence-electron chi connectivity index (χ3n) is 4.61. The number of benzene rings is 3. The minimum atomic E-state index is -0.667. The van der Waals surface area contributed by atoms with Gasteiger partial charge in [-0.25, -0.2) is 4.79 Å². The Bertz CT molecular complexity index is 1160. The minimum Gasteiger partial charge on any atom is -0.494 e. The quantitative estimate of drug-likeness (QED) is 0.378. The Morgan fingerprint density at radius 3 is 2.41 bits per heavy atom. The molecule has 0 aliphatic carbocycles. The van der Waals surface area contributed by atoms with Crippen LogP contribution in [0, 0.1) is 0 Å². The van der Waals surface area contributed by atoms with Gasteiger partial charge in [0, 0.05) is 16.3 Å². The maximum atomic E-state index is 12.8. The summed E-state index contributed by atoms with van der Waals surface area (Å²) in [5, 5.41) is 14.6. The molecule has 2 N–H and O–H groups in total. The van der Waals surface area contributed by atoms with Gasteiger partial charge in [0.1, 0.15) is 11.8 Å². The summed E-state index contributed by atoms with van der Waals surface area (Å²) in [6.45, 7) is 2.49. The van der Waals surface area contributed by atoms with Gasteiger partial charge in [0.2, 0.25) is 11.8 Å². The van der Waals surface area contributed by atoms with Crippen LogP contribution in [0.1, 0.15) is 24.4 Å². The van der Waals surface area contributed by atoms with Gasteiger partial charge in [-0.2, -0.15) is 0 Å². The first-order valence-corrected chi connectivity index (χ1v) is 10.4. The van der Waals surface area contributed by atoms with Crippen molar-refractivity contribution >= 4 is 23.3 Å². The molecular formula is C24H21ClN4O3. The molecule has 0 radical (unpaired) electrons. The maximum absolute atomic E-state index is 12.8. The van der Waals surface area contributed by atoms with Gasteiger partial charge in [-0.15, -0.1) is 10.2 Å². The molecule has 0 bridgehead atoms. The Kier molecular flexibility index (Phi) is 6.67. The van der Waals surface area contributed by atoms with Crippen LogP contribution in [0.5, 0.6) is 5.75 Å². The average Bonchev–Trinajstić information content (AvgIpc) is 3.30. The fourth-order valence-electron chi connectivity index (χ4n) is 3.09. The zero-order chi connectivity index (χ0) is 22.3. The smallest absolute Gasteiger partial charge is 0.320 e. The fraction of sp³-hybridized carbons (Fsp3) is 0.125. The molecular weight excluding hydrogens is 428 g/mol. The molecule has 32 heavy (non-hydrogen) atoms. The molecule has 1 aromatic heterocycles. The number of rotatable bonds is 7. The summed E-state index contributed by atoms with van der Waals surface area (Å²) >= 11 is 6.03. The Labute approximate surface area is 190 Å². The standard InChI is InChI=1S/C24H21ClN4O3/c1-2-31-20-14-12-19(13-15-20)26-24(30)27-21(16-8-10-18(25)11-9-16)23-29-28-22(32-23)17-6-4-3-5-7-17/h3-15,21H,2H2,1H3,(H2,26,27,30). The fourth-order valence-corrected chi connectivity index (χ4v) is 3.22. The van der Waals surface area contributed by atoms with E-state index in [-0.39, 0.29) is 5.89 Å². The molecule has 2 amide bonds. The molecule has 162 valence electrons. The number of hydrogen-bond donors (Lipinski definition) is 2. The molecule has 0 saturated heterocycles. The lowest BCUT2D eigenvalue weighted by molar-refractivity contribution is 0.248. The SMILES string of the molecule is CCOc1ccc(NC(=O)NC(c2ccc(Cl)cc2)c2nnc(-c3ccccc3)o2)cc1. The molecule has 1 unspecified atom stereocenters. The van der Waals surface area contributed by atoms with Gasteiger partial charge in [-0.05, 0) is 61.0 Å². The number of nitrogens with one attached hydrogen (secondary N) is 2. The number of urea groups is 1. The van der Waals surface area contributed by atoms with Crippen LogP contribution in [-0.4, -0.2) is 22.8 Å². The van der Waals surface area contributed by atoms with E-state index in [2.05, 4.69) is 20.8 Å². The van der Waals surface area contributed by atoms with Crippen LogP contribution in [0.3, 0.4) is 0 Å². The van der Waals surface area contributed by atoms with E-state index in [0.29, 0.717) is 23.2 Å². The molecule has 0 saturated carbocycles. The molecule has 0 spiro atoms. The molecule has 8 heteroatoms. The topological polar surface area (TPSA) is 89.3 Å². The summed E-state index contributed by atoms with van der Waals surface area (Å²) in [6, 6.07) is 22.5. The molecule has 0 aliphatic rings. The van der Waals surface area contributed by atoms with Crippen molar-refractivity contribution in [1.29, 1.82) is 0 Å². The first-order valence-electron chi connectivity index (χ1n) is 10.1. The van der Waals surface area contributed by atoms with E-state index in [0.717, 1.165) is 16.9 Å². The number of hydrogen-bond acceptors (Lipinski definition) is 5. The maximum Gasteiger partial charge on any atom is 0.320 e. The molecule has 4 aromatic rings. The van der Waals surface area contributed by atoms with Crippen molar-refractivity contribution in [2.75, 3.05) is 11.9 Å². The highest BCUT2D eigenvalue weighted by Gasteiger charge is 2.23. The number of amides is 2. The zero-order valence-electron chi connectivity index (χ0n) is 17.3. The van der Waals surface area contributed by atoms with Gasteiger partial charge in [-0.3, -0.25) is 0 Å². The second-order valence-electron chi connectivity index (χ2n) is 6.85. The van der Waals surface area contributed by atoms with Crippen LogP contribution in [0.2, 0.25) is 5.02 Å². The number of ether oxygens (including phenoxy) is 1. The second kappa shape index (κ2) is 9.98. The Hall–Kier alpha value is -3.84. The number of carbonyl (C=O) groups excluding carboxylic acids is 1. The minimum absolute atomic E-state index is 0.257. The lowest BCUT2D eigenvalue weighted by Gasteiger charge is -2.16. The first kappa shape index (κ1) is 21.4. The van der Waals surface area contributed by atoms with Crippen LogP contribution in [0.4, 0.5) is 10.5 Å². The van der Waals surface area contributed by atoms with Gasteiger partial charge in [0.05, 0.1) is 6.61 Å². The van der Waals surface area contributed by atoms with E-state index in [9.17, 15) is 4.79 Å². The molecule has 1 heterocycles. The predicted octanol–water partition coefficient (Wildman–Crippen LogP) is 5.70. The zero-order valence-corrected chi connectivity index (χ0v) is 18.0. The monoisotopic (exact) mass is 448 g/mol. The van der Waals surface area contributed by atoms with Crippen LogP contribution >= 0.6 is 11.6 Å². The lowest BCUT2D eigenvalue weighted by atomic mass is 10.1. The average molecular weight is 449 g/mol.